The first-order valence-corrected chi connectivity index (χ1v) is 10.1. The molecule has 29 heavy (non-hydrogen) atoms. The molecule has 0 radical (unpaired) electrons. The average Bonchev–Trinajstić information content (AvgIpc) is 2.74. The maximum Gasteiger partial charge on any atom is 0.261 e. The fourth-order valence-corrected chi connectivity index (χ4v) is 3.76. The number of hydrogen-bond donors (Lipinski definition) is 2. The summed E-state index contributed by atoms with van der Waals surface area (Å²) in [6.45, 7) is 0.791. The average molecular weight is 455 g/mol. The molecule has 7 nitrogen and oxygen atoms in total. The first kappa shape index (κ1) is 19.3. The lowest BCUT2D eigenvalue weighted by Gasteiger charge is -2.31. The van der Waals surface area contributed by atoms with Crippen molar-refractivity contribution in [2.75, 3.05) is 18.4 Å². The summed E-state index contributed by atoms with van der Waals surface area (Å²) in [6.07, 6.45) is 2.99. The second-order valence-electron chi connectivity index (χ2n) is 7.04. The summed E-state index contributed by atoms with van der Waals surface area (Å²) in [5, 5.41) is 3.59. The summed E-state index contributed by atoms with van der Waals surface area (Å²) >= 11 is 3.31. The van der Waals surface area contributed by atoms with Gasteiger partial charge in [-0.05, 0) is 58.4 Å². The maximum atomic E-state index is 13.0. The van der Waals surface area contributed by atoms with E-state index in [1.807, 2.05) is 18.2 Å². The molecule has 2 N–H and O–H groups in total. The van der Waals surface area contributed by atoms with Crippen LogP contribution in [0, 0.1) is 5.92 Å². The molecule has 8 heteroatoms. The third-order valence-corrected chi connectivity index (χ3v) is 5.51. The SMILES string of the molecule is O=C(Nc1ccc(Br)cn1)C1CCCN(C(=O)c2cc3ccccc3[nH]c2=O)C1. The first-order chi connectivity index (χ1) is 14.0. The van der Waals surface area contributed by atoms with E-state index < -0.39 is 5.56 Å². The molecule has 1 aliphatic heterocycles. The quantitative estimate of drug-likeness (QED) is 0.635. The van der Waals surface area contributed by atoms with Crippen molar-refractivity contribution in [2.24, 2.45) is 5.92 Å². The number of carbonyl (C=O) groups excluding carboxylic acids is 2. The van der Waals surface area contributed by atoms with Crippen LogP contribution in [0.15, 0.2) is 57.9 Å². The molecule has 3 aromatic rings. The minimum Gasteiger partial charge on any atom is -0.338 e. The van der Waals surface area contributed by atoms with Gasteiger partial charge in [0.15, 0.2) is 0 Å². The number of aromatic nitrogens is 2. The Bertz CT molecular complexity index is 1130. The molecule has 1 aliphatic rings. The lowest BCUT2D eigenvalue weighted by molar-refractivity contribution is -0.121. The number of hydrogen-bond acceptors (Lipinski definition) is 4. The Morgan fingerprint density at radius 1 is 1.21 bits per heavy atom. The number of carbonyl (C=O) groups is 2. The second kappa shape index (κ2) is 8.16. The Morgan fingerprint density at radius 3 is 2.83 bits per heavy atom. The van der Waals surface area contributed by atoms with Crippen molar-refractivity contribution in [2.45, 2.75) is 12.8 Å². The van der Waals surface area contributed by atoms with Crippen molar-refractivity contribution >= 4 is 44.5 Å². The molecule has 2 amide bonds. The van der Waals surface area contributed by atoms with Gasteiger partial charge < -0.3 is 15.2 Å². The zero-order valence-electron chi connectivity index (χ0n) is 15.5. The number of anilines is 1. The molecule has 3 heterocycles. The number of rotatable bonds is 3. The van der Waals surface area contributed by atoms with Crippen LogP contribution >= 0.6 is 15.9 Å². The molecular formula is C21H19BrN4O3. The highest BCUT2D eigenvalue weighted by molar-refractivity contribution is 9.10. The fourth-order valence-electron chi connectivity index (χ4n) is 3.53. The van der Waals surface area contributed by atoms with Gasteiger partial charge in [-0.15, -0.1) is 0 Å². The molecule has 0 aliphatic carbocycles. The molecule has 1 fully saturated rings. The normalized spacial score (nSPS) is 16.6. The van der Waals surface area contributed by atoms with Gasteiger partial charge in [-0.1, -0.05) is 18.2 Å². The van der Waals surface area contributed by atoms with E-state index in [1.165, 1.54) is 0 Å². The van der Waals surface area contributed by atoms with E-state index in [9.17, 15) is 14.4 Å². The van der Waals surface area contributed by atoms with Crippen LogP contribution in [0.1, 0.15) is 23.2 Å². The van der Waals surface area contributed by atoms with E-state index in [1.54, 1.807) is 35.4 Å². The molecule has 0 bridgehead atoms. The number of fused-ring (bicyclic) bond motifs is 1. The van der Waals surface area contributed by atoms with Crippen LogP contribution in [0.4, 0.5) is 5.82 Å². The summed E-state index contributed by atoms with van der Waals surface area (Å²) in [6, 6.07) is 12.4. The Labute approximate surface area is 175 Å². The number of nitrogens with one attached hydrogen (secondary N) is 2. The van der Waals surface area contributed by atoms with E-state index >= 15 is 0 Å². The highest BCUT2D eigenvalue weighted by atomic mass is 79.9. The van der Waals surface area contributed by atoms with Gasteiger partial charge in [-0.25, -0.2) is 4.98 Å². The maximum absolute atomic E-state index is 13.0. The largest absolute Gasteiger partial charge is 0.338 e. The van der Waals surface area contributed by atoms with Crippen molar-refractivity contribution in [3.8, 4) is 0 Å². The lowest BCUT2D eigenvalue weighted by Crippen LogP contribution is -2.45. The Kier molecular flexibility index (Phi) is 5.44. The number of nitrogens with zero attached hydrogens (tertiary/aromatic N) is 2. The third-order valence-electron chi connectivity index (χ3n) is 5.04. The molecule has 4 rings (SSSR count). The molecule has 2 aromatic heterocycles. The van der Waals surface area contributed by atoms with Gasteiger partial charge in [0.05, 0.1) is 5.92 Å². The van der Waals surface area contributed by atoms with Crippen molar-refractivity contribution in [1.29, 1.82) is 0 Å². The predicted octanol–water partition coefficient (Wildman–Crippen LogP) is 3.18. The zero-order valence-corrected chi connectivity index (χ0v) is 17.1. The summed E-state index contributed by atoms with van der Waals surface area (Å²) in [7, 11) is 0. The Morgan fingerprint density at radius 2 is 2.03 bits per heavy atom. The number of pyridine rings is 2. The number of amides is 2. The summed E-state index contributed by atoms with van der Waals surface area (Å²) in [5.74, 6) is -0.411. The van der Waals surface area contributed by atoms with Crippen LogP contribution in [0.3, 0.4) is 0 Å². The smallest absolute Gasteiger partial charge is 0.261 e. The van der Waals surface area contributed by atoms with Crippen molar-refractivity contribution in [1.82, 2.24) is 14.9 Å². The topological polar surface area (TPSA) is 95.2 Å². The van der Waals surface area contributed by atoms with E-state index in [4.69, 9.17) is 0 Å². The van der Waals surface area contributed by atoms with Gasteiger partial charge >= 0.3 is 0 Å². The Balaban J connectivity index is 1.50. The molecule has 1 aromatic carbocycles. The number of likely N-dealkylation sites (tertiary alicyclic amines) is 1. The molecule has 0 saturated carbocycles. The molecule has 1 atom stereocenters. The molecule has 1 saturated heterocycles. The van der Waals surface area contributed by atoms with Crippen LogP contribution in [-0.2, 0) is 4.79 Å². The molecular weight excluding hydrogens is 436 g/mol. The van der Waals surface area contributed by atoms with Crippen molar-refractivity contribution in [3.05, 3.63) is 69.1 Å². The molecule has 0 spiro atoms. The van der Waals surface area contributed by atoms with E-state index in [2.05, 4.69) is 31.2 Å². The van der Waals surface area contributed by atoms with Crippen molar-refractivity contribution < 1.29 is 9.59 Å². The third kappa shape index (κ3) is 4.22. The minimum absolute atomic E-state index is 0.0966. The number of aromatic amines is 1. The number of halogens is 1. The first-order valence-electron chi connectivity index (χ1n) is 9.35. The fraction of sp³-hybridized carbons (Fsp3) is 0.238. The highest BCUT2D eigenvalue weighted by Gasteiger charge is 2.30. The molecule has 148 valence electrons. The highest BCUT2D eigenvalue weighted by Crippen LogP contribution is 2.21. The standard InChI is InChI=1S/C21H19BrN4O3/c22-15-7-8-18(23-11-15)25-19(27)14-5-3-9-26(12-14)21(29)16-10-13-4-1-2-6-17(13)24-20(16)28/h1-2,4,6-8,10-11,14H,3,5,9,12H2,(H,24,28)(H,23,25,27). The Hall–Kier alpha value is -3.00. The number of H-pyrrole nitrogens is 1. The number of benzene rings is 1. The van der Waals surface area contributed by atoms with Crippen molar-refractivity contribution in [3.63, 3.8) is 0 Å². The van der Waals surface area contributed by atoms with Gasteiger partial charge in [-0.3, -0.25) is 14.4 Å². The summed E-state index contributed by atoms with van der Waals surface area (Å²) < 4.78 is 0.825. The summed E-state index contributed by atoms with van der Waals surface area (Å²) in [4.78, 5) is 46.5. The van der Waals surface area contributed by atoms with Gasteiger partial charge in [0.2, 0.25) is 5.91 Å². The van der Waals surface area contributed by atoms with E-state index in [-0.39, 0.29) is 29.8 Å². The van der Waals surface area contributed by atoms with Crippen LogP contribution in [0.2, 0.25) is 0 Å². The van der Waals surface area contributed by atoms with Crippen LogP contribution < -0.4 is 10.9 Å². The predicted molar refractivity (Wildman–Crippen MR) is 114 cm³/mol. The van der Waals surface area contributed by atoms with E-state index in [0.717, 1.165) is 9.86 Å². The van der Waals surface area contributed by atoms with E-state index in [0.29, 0.717) is 30.7 Å². The van der Waals surface area contributed by atoms with Gasteiger partial charge in [0, 0.05) is 29.3 Å². The van der Waals surface area contributed by atoms with Gasteiger partial charge in [0.1, 0.15) is 11.4 Å². The van der Waals surface area contributed by atoms with Gasteiger partial charge in [0.25, 0.3) is 11.5 Å². The number of para-hydroxylation sites is 1. The minimum atomic E-state index is -0.417. The molecule has 1 unspecified atom stereocenters. The van der Waals surface area contributed by atoms with Crippen LogP contribution in [-0.4, -0.2) is 39.8 Å². The van der Waals surface area contributed by atoms with Crippen LogP contribution in [0.5, 0.6) is 0 Å². The second-order valence-corrected chi connectivity index (χ2v) is 7.96. The monoisotopic (exact) mass is 454 g/mol. The van der Waals surface area contributed by atoms with Crippen LogP contribution in [0.25, 0.3) is 10.9 Å². The number of piperidine rings is 1. The zero-order chi connectivity index (χ0) is 20.4. The van der Waals surface area contributed by atoms with Gasteiger partial charge in [-0.2, -0.15) is 0 Å². The summed E-state index contributed by atoms with van der Waals surface area (Å²) in [5.41, 5.74) is 0.366. The lowest BCUT2D eigenvalue weighted by atomic mass is 9.96.